The SMILES string of the molecule is N#Cc1ccc(N2CCCC(C(=O)NCCN)C2)cc1[N+](=O)[O-]. The van der Waals surface area contributed by atoms with Crippen LogP contribution in [0.25, 0.3) is 0 Å². The molecule has 1 saturated heterocycles. The highest BCUT2D eigenvalue weighted by Gasteiger charge is 2.27. The lowest BCUT2D eigenvalue weighted by atomic mass is 9.96. The van der Waals surface area contributed by atoms with Crippen molar-refractivity contribution in [2.75, 3.05) is 31.1 Å². The summed E-state index contributed by atoms with van der Waals surface area (Å²) in [7, 11) is 0. The molecule has 1 fully saturated rings. The molecule has 8 heteroatoms. The van der Waals surface area contributed by atoms with E-state index in [1.54, 1.807) is 6.07 Å². The Hall–Kier alpha value is -2.66. The number of piperidine rings is 1. The molecule has 3 N–H and O–H groups in total. The van der Waals surface area contributed by atoms with Crippen LogP contribution in [0.3, 0.4) is 0 Å². The van der Waals surface area contributed by atoms with Crippen molar-refractivity contribution in [3.05, 3.63) is 33.9 Å². The van der Waals surface area contributed by atoms with Crippen molar-refractivity contribution in [3.8, 4) is 6.07 Å². The maximum Gasteiger partial charge on any atom is 0.289 e. The van der Waals surface area contributed by atoms with Gasteiger partial charge in [0.25, 0.3) is 5.69 Å². The second kappa shape index (κ2) is 7.56. The van der Waals surface area contributed by atoms with Gasteiger partial charge in [0, 0.05) is 37.9 Å². The van der Waals surface area contributed by atoms with E-state index in [-0.39, 0.29) is 23.1 Å². The molecule has 8 nitrogen and oxygen atoms in total. The predicted octanol–water partition coefficient (Wildman–Crippen LogP) is 0.758. The Morgan fingerprint density at radius 1 is 1.57 bits per heavy atom. The molecular formula is C15H19N5O3. The first-order valence-electron chi connectivity index (χ1n) is 7.48. The molecule has 0 aromatic heterocycles. The van der Waals surface area contributed by atoms with Gasteiger partial charge in [-0.05, 0) is 25.0 Å². The van der Waals surface area contributed by atoms with Gasteiger partial charge in [0.2, 0.25) is 5.91 Å². The van der Waals surface area contributed by atoms with Gasteiger partial charge in [0.1, 0.15) is 11.6 Å². The van der Waals surface area contributed by atoms with Crippen molar-refractivity contribution in [3.63, 3.8) is 0 Å². The van der Waals surface area contributed by atoms with Gasteiger partial charge in [-0.3, -0.25) is 14.9 Å². The predicted molar refractivity (Wildman–Crippen MR) is 84.8 cm³/mol. The number of hydrogen-bond acceptors (Lipinski definition) is 6. The van der Waals surface area contributed by atoms with E-state index in [1.165, 1.54) is 12.1 Å². The number of nitro benzene ring substituents is 1. The van der Waals surface area contributed by atoms with E-state index in [0.717, 1.165) is 19.4 Å². The number of benzene rings is 1. The summed E-state index contributed by atoms with van der Waals surface area (Å²) >= 11 is 0. The number of carbonyl (C=O) groups excluding carboxylic acids is 1. The van der Waals surface area contributed by atoms with Crippen molar-refractivity contribution in [1.29, 1.82) is 5.26 Å². The quantitative estimate of drug-likeness (QED) is 0.610. The fraction of sp³-hybridized carbons (Fsp3) is 0.467. The summed E-state index contributed by atoms with van der Waals surface area (Å²) in [6, 6.07) is 6.36. The first-order valence-corrected chi connectivity index (χ1v) is 7.48. The summed E-state index contributed by atoms with van der Waals surface area (Å²) in [6.45, 7) is 2.06. The maximum absolute atomic E-state index is 12.1. The summed E-state index contributed by atoms with van der Waals surface area (Å²) in [5.74, 6) is -0.201. The van der Waals surface area contributed by atoms with Crippen molar-refractivity contribution < 1.29 is 9.72 Å². The zero-order chi connectivity index (χ0) is 16.8. The number of nitro groups is 1. The van der Waals surface area contributed by atoms with Crippen LogP contribution in [-0.2, 0) is 4.79 Å². The zero-order valence-electron chi connectivity index (χ0n) is 12.7. The molecule has 0 aliphatic carbocycles. The number of nitriles is 1. The molecule has 1 unspecified atom stereocenters. The van der Waals surface area contributed by atoms with Gasteiger partial charge in [-0.15, -0.1) is 0 Å². The van der Waals surface area contributed by atoms with E-state index in [1.807, 2.05) is 11.0 Å². The molecule has 0 radical (unpaired) electrons. The van der Waals surface area contributed by atoms with Gasteiger partial charge in [0.15, 0.2) is 0 Å². The molecule has 1 amide bonds. The summed E-state index contributed by atoms with van der Waals surface area (Å²) in [5, 5.41) is 22.8. The van der Waals surface area contributed by atoms with Crippen LogP contribution in [0.15, 0.2) is 18.2 Å². The van der Waals surface area contributed by atoms with Gasteiger partial charge >= 0.3 is 0 Å². The summed E-state index contributed by atoms with van der Waals surface area (Å²) in [6.07, 6.45) is 1.61. The lowest BCUT2D eigenvalue weighted by Crippen LogP contribution is -2.44. The van der Waals surface area contributed by atoms with Crippen molar-refractivity contribution in [1.82, 2.24) is 5.32 Å². The molecule has 0 spiro atoms. The fourth-order valence-electron chi connectivity index (χ4n) is 2.73. The Bertz CT molecular complexity index is 640. The Morgan fingerprint density at radius 2 is 2.35 bits per heavy atom. The summed E-state index contributed by atoms with van der Waals surface area (Å²) in [4.78, 5) is 24.5. The molecule has 122 valence electrons. The highest BCUT2D eigenvalue weighted by Crippen LogP contribution is 2.28. The van der Waals surface area contributed by atoms with E-state index in [2.05, 4.69) is 5.32 Å². The van der Waals surface area contributed by atoms with E-state index in [4.69, 9.17) is 11.0 Å². The number of rotatable bonds is 5. The Balaban J connectivity index is 2.15. The minimum absolute atomic E-state index is 0.0352. The maximum atomic E-state index is 12.1. The monoisotopic (exact) mass is 317 g/mol. The smallest absolute Gasteiger partial charge is 0.289 e. The fourth-order valence-corrected chi connectivity index (χ4v) is 2.73. The van der Waals surface area contributed by atoms with E-state index in [9.17, 15) is 14.9 Å². The third-order valence-corrected chi connectivity index (χ3v) is 3.90. The molecular weight excluding hydrogens is 298 g/mol. The number of nitrogens with two attached hydrogens (primary N) is 1. The number of anilines is 1. The molecule has 0 bridgehead atoms. The normalized spacial score (nSPS) is 17.4. The Labute approximate surface area is 134 Å². The number of nitrogens with one attached hydrogen (secondary N) is 1. The van der Waals surface area contributed by atoms with E-state index >= 15 is 0 Å². The van der Waals surface area contributed by atoms with Crippen LogP contribution in [0.4, 0.5) is 11.4 Å². The van der Waals surface area contributed by atoms with Gasteiger partial charge in [-0.2, -0.15) is 5.26 Å². The average Bonchev–Trinajstić information content (AvgIpc) is 2.59. The summed E-state index contributed by atoms with van der Waals surface area (Å²) in [5.41, 5.74) is 5.87. The van der Waals surface area contributed by atoms with Crippen molar-refractivity contribution in [2.24, 2.45) is 11.7 Å². The van der Waals surface area contributed by atoms with E-state index in [0.29, 0.717) is 25.3 Å². The third-order valence-electron chi connectivity index (χ3n) is 3.90. The molecule has 1 heterocycles. The molecule has 1 aromatic carbocycles. The van der Waals surface area contributed by atoms with Crippen LogP contribution < -0.4 is 16.0 Å². The second-order valence-corrected chi connectivity index (χ2v) is 5.44. The van der Waals surface area contributed by atoms with Crippen LogP contribution in [0.2, 0.25) is 0 Å². The topological polar surface area (TPSA) is 125 Å². The highest BCUT2D eigenvalue weighted by molar-refractivity contribution is 5.79. The van der Waals surface area contributed by atoms with Crippen LogP contribution in [0.5, 0.6) is 0 Å². The molecule has 23 heavy (non-hydrogen) atoms. The lowest BCUT2D eigenvalue weighted by Gasteiger charge is -2.33. The van der Waals surface area contributed by atoms with Crippen LogP contribution >= 0.6 is 0 Å². The lowest BCUT2D eigenvalue weighted by molar-refractivity contribution is -0.385. The number of hydrogen-bond donors (Lipinski definition) is 2. The van der Waals surface area contributed by atoms with Crippen LogP contribution in [-0.4, -0.2) is 37.0 Å². The first kappa shape index (κ1) is 16.7. The van der Waals surface area contributed by atoms with Crippen LogP contribution in [0, 0.1) is 27.4 Å². The number of carbonyl (C=O) groups is 1. The van der Waals surface area contributed by atoms with Gasteiger partial charge < -0.3 is 16.0 Å². The third kappa shape index (κ3) is 3.96. The minimum atomic E-state index is -0.558. The molecule has 0 saturated carbocycles. The second-order valence-electron chi connectivity index (χ2n) is 5.44. The van der Waals surface area contributed by atoms with E-state index < -0.39 is 4.92 Å². The molecule has 1 aliphatic rings. The highest BCUT2D eigenvalue weighted by atomic mass is 16.6. The first-order chi connectivity index (χ1) is 11.1. The summed E-state index contributed by atoms with van der Waals surface area (Å²) < 4.78 is 0. The number of amides is 1. The van der Waals surface area contributed by atoms with Crippen molar-refractivity contribution in [2.45, 2.75) is 12.8 Å². The molecule has 2 rings (SSSR count). The zero-order valence-corrected chi connectivity index (χ0v) is 12.7. The van der Waals surface area contributed by atoms with Crippen LogP contribution in [0.1, 0.15) is 18.4 Å². The largest absolute Gasteiger partial charge is 0.371 e. The Kier molecular flexibility index (Phi) is 5.49. The molecule has 1 atom stereocenters. The molecule has 1 aliphatic heterocycles. The average molecular weight is 317 g/mol. The minimum Gasteiger partial charge on any atom is -0.371 e. The number of nitrogens with zero attached hydrogens (tertiary/aromatic N) is 3. The molecule has 1 aromatic rings. The standard InChI is InChI=1S/C15H19N5O3/c16-5-6-18-15(21)12-2-1-7-19(10-12)13-4-3-11(9-17)14(8-13)20(22)23/h3-4,8,12H,1-2,5-7,10,16H2,(H,18,21). The van der Waals surface area contributed by atoms with Crippen molar-refractivity contribution >= 4 is 17.3 Å². The van der Waals surface area contributed by atoms with Gasteiger partial charge in [-0.1, -0.05) is 0 Å². The van der Waals surface area contributed by atoms with Gasteiger partial charge in [-0.25, -0.2) is 0 Å². The Morgan fingerprint density at radius 3 is 3.00 bits per heavy atom. The van der Waals surface area contributed by atoms with Gasteiger partial charge in [0.05, 0.1) is 10.8 Å².